The summed E-state index contributed by atoms with van der Waals surface area (Å²) in [6, 6.07) is 18.8. The van der Waals surface area contributed by atoms with Gasteiger partial charge in [-0.15, -0.1) is 0 Å². The highest BCUT2D eigenvalue weighted by molar-refractivity contribution is 5.59. The summed E-state index contributed by atoms with van der Waals surface area (Å²) >= 11 is 0. The first kappa shape index (κ1) is 20.2. The van der Waals surface area contributed by atoms with Gasteiger partial charge in [-0.2, -0.15) is 0 Å². The number of unbranched alkanes of at least 4 members (excludes halogenated alkanes) is 3. The number of hydrogen-bond donors (Lipinski definition) is 2. The van der Waals surface area contributed by atoms with E-state index in [1.54, 1.807) is 7.11 Å². The first-order valence-corrected chi connectivity index (χ1v) is 10.3. The maximum Gasteiger partial charge on any atom is 0.123 e. The van der Waals surface area contributed by atoms with E-state index in [-0.39, 0.29) is 6.04 Å². The van der Waals surface area contributed by atoms with Gasteiger partial charge in [0.15, 0.2) is 0 Å². The van der Waals surface area contributed by atoms with Crippen molar-refractivity contribution in [3.63, 3.8) is 0 Å². The van der Waals surface area contributed by atoms with Gasteiger partial charge in [-0.25, -0.2) is 4.98 Å². The van der Waals surface area contributed by atoms with Gasteiger partial charge < -0.3 is 15.0 Å². The summed E-state index contributed by atoms with van der Waals surface area (Å²) in [5.41, 5.74) is 3.45. The van der Waals surface area contributed by atoms with Crippen molar-refractivity contribution in [2.45, 2.75) is 51.6 Å². The number of benzene rings is 2. The van der Waals surface area contributed by atoms with E-state index < -0.39 is 0 Å². The average Bonchev–Trinajstić information content (AvgIpc) is 3.24. The minimum Gasteiger partial charge on any atom is -0.497 e. The van der Waals surface area contributed by atoms with Crippen LogP contribution in [0.2, 0.25) is 0 Å². The van der Waals surface area contributed by atoms with Gasteiger partial charge in [0.2, 0.25) is 0 Å². The lowest BCUT2D eigenvalue weighted by atomic mass is 10.1. The Bertz CT molecular complexity index is 811. The van der Waals surface area contributed by atoms with Crippen LogP contribution in [-0.4, -0.2) is 17.1 Å². The van der Waals surface area contributed by atoms with Gasteiger partial charge in [-0.1, -0.05) is 62.9 Å². The maximum absolute atomic E-state index is 5.25. The van der Waals surface area contributed by atoms with Crippen molar-refractivity contribution in [3.8, 4) is 17.0 Å². The molecule has 2 aromatic carbocycles. The van der Waals surface area contributed by atoms with Crippen molar-refractivity contribution >= 4 is 0 Å². The number of aromatic amines is 1. The number of nitrogens with one attached hydrogen (secondary N) is 2. The Morgan fingerprint density at radius 2 is 1.79 bits per heavy atom. The van der Waals surface area contributed by atoms with Crippen molar-refractivity contribution in [2.75, 3.05) is 7.11 Å². The van der Waals surface area contributed by atoms with Crippen LogP contribution in [0, 0.1) is 0 Å². The maximum atomic E-state index is 5.25. The van der Waals surface area contributed by atoms with Crippen molar-refractivity contribution in [3.05, 3.63) is 72.2 Å². The fraction of sp³-hybridized carbons (Fsp3) is 0.375. The Hall–Kier alpha value is -2.59. The fourth-order valence-electron chi connectivity index (χ4n) is 3.38. The van der Waals surface area contributed by atoms with Crippen molar-refractivity contribution in [1.29, 1.82) is 0 Å². The zero-order valence-electron chi connectivity index (χ0n) is 16.9. The lowest BCUT2D eigenvalue weighted by molar-refractivity contribution is 0.415. The number of nitrogens with zero attached hydrogens (tertiary/aromatic N) is 1. The molecule has 0 amide bonds. The predicted molar refractivity (Wildman–Crippen MR) is 115 cm³/mol. The first-order chi connectivity index (χ1) is 13.8. The summed E-state index contributed by atoms with van der Waals surface area (Å²) in [6.45, 7) is 3.09. The van der Waals surface area contributed by atoms with Crippen LogP contribution in [0.5, 0.6) is 5.75 Å². The molecule has 0 aliphatic rings. The van der Waals surface area contributed by atoms with Gasteiger partial charge in [-0.05, 0) is 41.8 Å². The van der Waals surface area contributed by atoms with E-state index in [4.69, 9.17) is 9.72 Å². The molecular formula is C24H31N3O. The second-order valence-electron chi connectivity index (χ2n) is 7.18. The molecule has 3 rings (SSSR count). The molecule has 0 spiro atoms. The summed E-state index contributed by atoms with van der Waals surface area (Å²) < 4.78 is 5.25. The lowest BCUT2D eigenvalue weighted by Crippen LogP contribution is -2.22. The van der Waals surface area contributed by atoms with Gasteiger partial charge in [0.25, 0.3) is 0 Å². The molecular weight excluding hydrogens is 346 g/mol. The second kappa shape index (κ2) is 10.7. The van der Waals surface area contributed by atoms with E-state index in [2.05, 4.69) is 59.7 Å². The summed E-state index contributed by atoms with van der Waals surface area (Å²) in [5, 5.41) is 3.70. The third-order valence-electron chi connectivity index (χ3n) is 5.07. The molecule has 4 heteroatoms. The van der Waals surface area contributed by atoms with Crippen LogP contribution < -0.4 is 10.1 Å². The van der Waals surface area contributed by atoms with Gasteiger partial charge in [0.05, 0.1) is 25.0 Å². The molecule has 0 bridgehead atoms. The highest BCUT2D eigenvalue weighted by Gasteiger charge is 2.15. The van der Waals surface area contributed by atoms with Crippen LogP contribution in [0.1, 0.15) is 56.5 Å². The van der Waals surface area contributed by atoms with Crippen LogP contribution in [0.15, 0.2) is 60.8 Å². The molecule has 1 heterocycles. The number of methoxy groups -OCH3 is 1. The molecule has 0 radical (unpaired) electrons. The minimum atomic E-state index is 0.226. The van der Waals surface area contributed by atoms with Crippen LogP contribution in [0.25, 0.3) is 11.3 Å². The Morgan fingerprint density at radius 1 is 1.00 bits per heavy atom. The Balaban J connectivity index is 1.70. The van der Waals surface area contributed by atoms with Gasteiger partial charge in [0.1, 0.15) is 11.6 Å². The van der Waals surface area contributed by atoms with E-state index in [9.17, 15) is 0 Å². The normalized spacial score (nSPS) is 12.1. The van der Waals surface area contributed by atoms with E-state index in [0.717, 1.165) is 35.8 Å². The highest BCUT2D eigenvalue weighted by atomic mass is 16.5. The first-order valence-electron chi connectivity index (χ1n) is 10.3. The Labute approximate surface area is 168 Å². The van der Waals surface area contributed by atoms with Crippen LogP contribution in [0.3, 0.4) is 0 Å². The number of aromatic nitrogens is 2. The monoisotopic (exact) mass is 377 g/mol. The lowest BCUT2D eigenvalue weighted by Gasteiger charge is -2.17. The summed E-state index contributed by atoms with van der Waals surface area (Å²) in [4.78, 5) is 8.23. The molecule has 0 saturated heterocycles. The quantitative estimate of drug-likeness (QED) is 0.410. The molecule has 0 saturated carbocycles. The number of H-pyrrole nitrogens is 1. The Kier molecular flexibility index (Phi) is 7.68. The van der Waals surface area contributed by atoms with Crippen LogP contribution in [0.4, 0.5) is 0 Å². The molecule has 2 N–H and O–H groups in total. The molecule has 0 aliphatic heterocycles. The molecule has 1 aromatic heterocycles. The smallest absolute Gasteiger partial charge is 0.123 e. The van der Waals surface area contributed by atoms with Crippen LogP contribution >= 0.6 is 0 Å². The molecule has 0 aliphatic carbocycles. The predicted octanol–water partition coefficient (Wildman–Crippen LogP) is 5.89. The summed E-state index contributed by atoms with van der Waals surface area (Å²) in [5.74, 6) is 1.88. The largest absolute Gasteiger partial charge is 0.497 e. The number of hydrogen-bond acceptors (Lipinski definition) is 3. The third kappa shape index (κ3) is 5.70. The molecule has 28 heavy (non-hydrogen) atoms. The third-order valence-corrected chi connectivity index (χ3v) is 5.07. The second-order valence-corrected chi connectivity index (χ2v) is 7.18. The minimum absolute atomic E-state index is 0.226. The van der Waals surface area contributed by atoms with Gasteiger partial charge in [-0.3, -0.25) is 0 Å². The molecule has 3 aromatic rings. The average molecular weight is 378 g/mol. The van der Waals surface area contributed by atoms with Gasteiger partial charge in [0, 0.05) is 6.54 Å². The highest BCUT2D eigenvalue weighted by Crippen LogP contribution is 2.24. The zero-order valence-corrected chi connectivity index (χ0v) is 16.9. The molecule has 1 atom stereocenters. The SMILES string of the molecule is CCCCCC[C@H](NCc1ccccc1)c1ncc(-c2ccc(OC)cc2)[nH]1. The van der Waals surface area contributed by atoms with Crippen molar-refractivity contribution < 1.29 is 4.74 Å². The standard InChI is InChI=1S/C24H31N3O/c1-3-4-5-9-12-22(25-17-19-10-7-6-8-11-19)24-26-18-23(27-24)20-13-15-21(28-2)16-14-20/h6-8,10-11,13-16,18,22,25H,3-5,9,12,17H2,1-2H3,(H,26,27)/t22-/m0/s1. The van der Waals surface area contributed by atoms with Crippen molar-refractivity contribution in [1.82, 2.24) is 15.3 Å². The van der Waals surface area contributed by atoms with E-state index in [1.807, 2.05) is 18.3 Å². The molecule has 0 fully saturated rings. The summed E-state index contributed by atoms with van der Waals surface area (Å²) in [7, 11) is 1.69. The van der Waals surface area contributed by atoms with Crippen LogP contribution in [-0.2, 0) is 6.54 Å². The topological polar surface area (TPSA) is 49.9 Å². The van der Waals surface area contributed by atoms with Crippen molar-refractivity contribution in [2.24, 2.45) is 0 Å². The fourth-order valence-corrected chi connectivity index (χ4v) is 3.38. The van der Waals surface area contributed by atoms with E-state index in [1.165, 1.54) is 31.2 Å². The van der Waals surface area contributed by atoms with E-state index >= 15 is 0 Å². The summed E-state index contributed by atoms with van der Waals surface area (Å²) in [6.07, 6.45) is 8.04. The number of rotatable bonds is 11. The Morgan fingerprint density at radius 3 is 2.50 bits per heavy atom. The van der Waals surface area contributed by atoms with Gasteiger partial charge >= 0.3 is 0 Å². The molecule has 148 valence electrons. The number of imidazole rings is 1. The molecule has 4 nitrogen and oxygen atoms in total. The zero-order chi connectivity index (χ0) is 19.6. The number of ether oxygens (including phenoxy) is 1. The van der Waals surface area contributed by atoms with E-state index in [0.29, 0.717) is 0 Å². The molecule has 0 unspecified atom stereocenters.